The molecule has 0 unspecified atom stereocenters. The second-order valence-corrected chi connectivity index (χ2v) is 9.04. The number of nitrogens with zero attached hydrogens (tertiary/aromatic N) is 8. The molecule has 1 N–H and O–H groups in total. The van der Waals surface area contributed by atoms with Gasteiger partial charge in [-0.15, -0.1) is 0 Å². The number of hydrogen-bond donors (Lipinski definition) is 1. The van der Waals surface area contributed by atoms with Crippen LogP contribution < -0.4 is 5.32 Å². The van der Waals surface area contributed by atoms with Crippen LogP contribution in [-0.2, 0) is 19.8 Å². The van der Waals surface area contributed by atoms with Gasteiger partial charge in [0.05, 0.1) is 29.4 Å². The molecule has 0 radical (unpaired) electrons. The van der Waals surface area contributed by atoms with E-state index in [9.17, 15) is 13.2 Å². The maximum absolute atomic E-state index is 13.0. The molecule has 1 saturated carbocycles. The van der Waals surface area contributed by atoms with Gasteiger partial charge in [-0.3, -0.25) is 0 Å². The van der Waals surface area contributed by atoms with Crippen LogP contribution in [0.3, 0.4) is 0 Å². The van der Waals surface area contributed by atoms with Gasteiger partial charge in [-0.1, -0.05) is 24.3 Å². The van der Waals surface area contributed by atoms with E-state index in [0.29, 0.717) is 35.3 Å². The minimum atomic E-state index is -4.49. The summed E-state index contributed by atoms with van der Waals surface area (Å²) in [5, 5.41) is 8.41. The lowest BCUT2D eigenvalue weighted by Gasteiger charge is -2.11. The highest BCUT2D eigenvalue weighted by molar-refractivity contribution is 5.79. The molecular formula is C25H22F3N9. The van der Waals surface area contributed by atoms with E-state index in [-0.39, 0.29) is 5.82 Å². The number of aromatic nitrogens is 8. The van der Waals surface area contributed by atoms with Crippen molar-refractivity contribution in [1.82, 2.24) is 39.3 Å². The summed E-state index contributed by atoms with van der Waals surface area (Å²) < 4.78 is 42.3. The van der Waals surface area contributed by atoms with Crippen molar-refractivity contribution in [3.05, 3.63) is 66.1 Å². The molecule has 0 atom stereocenters. The Morgan fingerprint density at radius 2 is 1.81 bits per heavy atom. The summed E-state index contributed by atoms with van der Waals surface area (Å²) in [6.45, 7) is 0.425. The van der Waals surface area contributed by atoms with Crippen molar-refractivity contribution in [1.29, 1.82) is 0 Å². The third kappa shape index (κ3) is 4.28. The molecule has 4 aromatic heterocycles. The van der Waals surface area contributed by atoms with Crippen molar-refractivity contribution < 1.29 is 13.2 Å². The Labute approximate surface area is 209 Å². The first kappa shape index (κ1) is 23.1. The van der Waals surface area contributed by atoms with Crippen LogP contribution in [0.1, 0.15) is 35.7 Å². The number of halogens is 3. The zero-order valence-electron chi connectivity index (χ0n) is 20.0. The average molecular weight is 506 g/mol. The number of benzene rings is 1. The van der Waals surface area contributed by atoms with Crippen LogP contribution in [0.25, 0.3) is 33.8 Å². The smallest absolute Gasteiger partial charge is 0.372 e. The lowest BCUT2D eigenvalue weighted by molar-refractivity contribution is -0.140. The Bertz CT molecular complexity index is 1600. The highest BCUT2D eigenvalue weighted by Crippen LogP contribution is 2.44. The number of anilines is 1. The molecule has 1 aromatic carbocycles. The van der Waals surface area contributed by atoms with Crippen LogP contribution in [0.15, 0.2) is 49.2 Å². The van der Waals surface area contributed by atoms with Gasteiger partial charge in [0.15, 0.2) is 17.2 Å². The molecule has 5 aromatic rings. The quantitative estimate of drug-likeness (QED) is 0.358. The number of imidazole rings is 1. The Morgan fingerprint density at radius 1 is 1.03 bits per heavy atom. The summed E-state index contributed by atoms with van der Waals surface area (Å²) in [4.78, 5) is 22.0. The Kier molecular flexibility index (Phi) is 5.39. The van der Waals surface area contributed by atoms with E-state index in [1.165, 1.54) is 4.57 Å². The number of rotatable bonds is 6. The van der Waals surface area contributed by atoms with Crippen molar-refractivity contribution in [3.8, 4) is 22.8 Å². The number of alkyl halides is 3. The SMILES string of the molecule is CNc1ncnc(C2CC2)c1-c1ncc2cnn(Cc3ccc(-c4nc(C(F)(F)F)cn4C)cc3)c2n1. The maximum atomic E-state index is 13.0. The minimum Gasteiger partial charge on any atom is -0.372 e. The molecule has 9 nitrogen and oxygen atoms in total. The molecule has 12 heteroatoms. The van der Waals surface area contributed by atoms with E-state index in [4.69, 9.17) is 4.98 Å². The lowest BCUT2D eigenvalue weighted by atomic mass is 10.1. The van der Waals surface area contributed by atoms with Crippen molar-refractivity contribution in [2.75, 3.05) is 12.4 Å². The van der Waals surface area contributed by atoms with E-state index in [2.05, 4.69) is 30.4 Å². The molecular weight excluding hydrogens is 483 g/mol. The first-order chi connectivity index (χ1) is 17.8. The summed E-state index contributed by atoms with van der Waals surface area (Å²) in [5.74, 6) is 1.85. The van der Waals surface area contributed by atoms with Gasteiger partial charge in [0.2, 0.25) is 0 Å². The fourth-order valence-corrected chi connectivity index (χ4v) is 4.38. The van der Waals surface area contributed by atoms with Gasteiger partial charge in [-0.2, -0.15) is 18.3 Å². The van der Waals surface area contributed by atoms with Crippen molar-refractivity contribution in [2.24, 2.45) is 7.05 Å². The van der Waals surface area contributed by atoms with E-state index >= 15 is 0 Å². The molecule has 4 heterocycles. The van der Waals surface area contributed by atoms with E-state index in [1.807, 2.05) is 19.2 Å². The van der Waals surface area contributed by atoms with Crippen LogP contribution in [0, 0.1) is 0 Å². The van der Waals surface area contributed by atoms with Crippen LogP contribution in [0.5, 0.6) is 0 Å². The Hall–Kier alpha value is -4.35. The predicted octanol–water partition coefficient (Wildman–Crippen LogP) is 4.67. The average Bonchev–Trinajstić information content (AvgIpc) is 3.55. The fourth-order valence-electron chi connectivity index (χ4n) is 4.38. The molecule has 1 aliphatic carbocycles. The van der Waals surface area contributed by atoms with Gasteiger partial charge in [-0.25, -0.2) is 29.6 Å². The highest BCUT2D eigenvalue weighted by Gasteiger charge is 2.34. The highest BCUT2D eigenvalue weighted by atomic mass is 19.4. The second kappa shape index (κ2) is 8.64. The van der Waals surface area contributed by atoms with Crippen molar-refractivity contribution >= 4 is 16.9 Å². The summed E-state index contributed by atoms with van der Waals surface area (Å²) in [6.07, 6.45) is 3.68. The third-order valence-corrected chi connectivity index (χ3v) is 6.39. The molecule has 0 spiro atoms. The monoisotopic (exact) mass is 505 g/mol. The zero-order valence-corrected chi connectivity index (χ0v) is 20.0. The third-order valence-electron chi connectivity index (χ3n) is 6.39. The van der Waals surface area contributed by atoms with Gasteiger partial charge in [-0.05, 0) is 18.4 Å². The zero-order chi connectivity index (χ0) is 25.7. The van der Waals surface area contributed by atoms with Gasteiger partial charge in [0, 0.05) is 38.0 Å². The molecule has 0 saturated heterocycles. The molecule has 1 fully saturated rings. The summed E-state index contributed by atoms with van der Waals surface area (Å²) in [6, 6.07) is 7.21. The molecule has 188 valence electrons. The summed E-state index contributed by atoms with van der Waals surface area (Å²) in [5.41, 5.74) is 3.01. The first-order valence-electron chi connectivity index (χ1n) is 11.7. The number of hydrogen-bond acceptors (Lipinski definition) is 7. The van der Waals surface area contributed by atoms with Gasteiger partial charge in [0.25, 0.3) is 0 Å². The number of nitrogens with one attached hydrogen (secondary N) is 1. The standard InChI is InChI=1S/C25H22F3N9/c1-29-21-19(20(15-7-8-15)31-13-32-21)22-30-9-17-10-33-37(24(17)35-22)11-14-3-5-16(6-4-14)23-34-18(12-36(23)2)25(26,27)28/h3-6,9-10,12-13,15H,7-8,11H2,1-2H3,(H,29,31,32). The van der Waals surface area contributed by atoms with Gasteiger partial charge >= 0.3 is 6.18 Å². The van der Waals surface area contributed by atoms with Crippen molar-refractivity contribution in [2.45, 2.75) is 31.5 Å². The van der Waals surface area contributed by atoms with E-state index in [0.717, 1.165) is 41.2 Å². The molecule has 6 rings (SSSR count). The van der Waals surface area contributed by atoms with Gasteiger partial charge < -0.3 is 9.88 Å². The first-order valence-corrected chi connectivity index (χ1v) is 11.7. The summed E-state index contributed by atoms with van der Waals surface area (Å²) in [7, 11) is 3.36. The molecule has 1 aliphatic rings. The minimum absolute atomic E-state index is 0.248. The molecule has 0 bridgehead atoms. The fraction of sp³-hybridized carbons (Fsp3) is 0.280. The molecule has 0 aliphatic heterocycles. The Morgan fingerprint density at radius 3 is 2.49 bits per heavy atom. The largest absolute Gasteiger partial charge is 0.434 e. The van der Waals surface area contributed by atoms with Crippen LogP contribution in [0.2, 0.25) is 0 Å². The summed E-state index contributed by atoms with van der Waals surface area (Å²) >= 11 is 0. The normalized spacial score (nSPS) is 13.9. The van der Waals surface area contributed by atoms with Gasteiger partial charge in [0.1, 0.15) is 18.0 Å². The second-order valence-electron chi connectivity index (χ2n) is 9.04. The number of fused-ring (bicyclic) bond motifs is 1. The van der Waals surface area contributed by atoms with E-state index < -0.39 is 11.9 Å². The van der Waals surface area contributed by atoms with Crippen LogP contribution in [-0.4, -0.2) is 46.3 Å². The topological polar surface area (TPSA) is 99.2 Å². The number of aryl methyl sites for hydroxylation is 1. The predicted molar refractivity (Wildman–Crippen MR) is 131 cm³/mol. The van der Waals surface area contributed by atoms with Crippen LogP contribution >= 0.6 is 0 Å². The van der Waals surface area contributed by atoms with E-state index in [1.54, 1.807) is 42.6 Å². The van der Waals surface area contributed by atoms with Crippen LogP contribution in [0.4, 0.5) is 19.0 Å². The van der Waals surface area contributed by atoms with Crippen molar-refractivity contribution in [3.63, 3.8) is 0 Å². The Balaban J connectivity index is 1.31. The molecule has 0 amide bonds. The lowest BCUT2D eigenvalue weighted by Crippen LogP contribution is -2.06. The maximum Gasteiger partial charge on any atom is 0.434 e. The molecule has 37 heavy (non-hydrogen) atoms.